The van der Waals surface area contributed by atoms with Crippen molar-refractivity contribution < 1.29 is 4.74 Å². The lowest BCUT2D eigenvalue weighted by atomic mass is 10.00. The molecule has 1 saturated heterocycles. The average molecular weight is 264 g/mol. The maximum Gasteiger partial charge on any atom is 0.0462 e. The first-order valence-electron chi connectivity index (χ1n) is 5.64. The van der Waals surface area contributed by atoms with E-state index in [2.05, 4.69) is 20.8 Å². The normalized spacial score (nSPS) is 24.0. The summed E-state index contributed by atoms with van der Waals surface area (Å²) in [6, 6.07) is 0. The lowest BCUT2D eigenvalue weighted by Gasteiger charge is -2.31. The Labute approximate surface area is 96.1 Å². The van der Waals surface area contributed by atoms with Crippen LogP contribution >= 0.6 is 15.9 Å². The molecule has 0 aromatic heterocycles. The third-order valence-electron chi connectivity index (χ3n) is 2.89. The highest BCUT2D eigenvalue weighted by Crippen LogP contribution is 2.18. The molecule has 0 spiro atoms. The van der Waals surface area contributed by atoms with Gasteiger partial charge in [-0.2, -0.15) is 0 Å². The van der Waals surface area contributed by atoms with Crippen molar-refractivity contribution in [1.82, 2.24) is 4.90 Å². The average Bonchev–Trinajstić information content (AvgIpc) is 2.25. The van der Waals surface area contributed by atoms with Crippen molar-refractivity contribution in [2.75, 3.05) is 38.7 Å². The SMILES string of the molecule is COCCCCN1CCCC(CBr)C1. The molecule has 1 heterocycles. The molecule has 3 heteroatoms. The fourth-order valence-electron chi connectivity index (χ4n) is 2.06. The van der Waals surface area contributed by atoms with E-state index in [1.54, 1.807) is 7.11 Å². The third-order valence-corrected chi connectivity index (χ3v) is 3.81. The van der Waals surface area contributed by atoms with Gasteiger partial charge in [0.2, 0.25) is 0 Å². The second-order valence-electron chi connectivity index (χ2n) is 4.16. The number of ether oxygens (including phenoxy) is 1. The first-order valence-corrected chi connectivity index (χ1v) is 6.76. The quantitative estimate of drug-likeness (QED) is 0.540. The largest absolute Gasteiger partial charge is 0.385 e. The van der Waals surface area contributed by atoms with Crippen LogP contribution in [-0.2, 0) is 4.74 Å². The first-order chi connectivity index (χ1) is 6.86. The number of hydrogen-bond acceptors (Lipinski definition) is 2. The summed E-state index contributed by atoms with van der Waals surface area (Å²) in [7, 11) is 1.78. The molecule has 1 rings (SSSR count). The van der Waals surface area contributed by atoms with E-state index in [0.29, 0.717) is 0 Å². The van der Waals surface area contributed by atoms with Crippen molar-refractivity contribution in [2.45, 2.75) is 25.7 Å². The smallest absolute Gasteiger partial charge is 0.0462 e. The summed E-state index contributed by atoms with van der Waals surface area (Å²) < 4.78 is 5.05. The molecule has 1 atom stereocenters. The van der Waals surface area contributed by atoms with E-state index in [1.165, 1.54) is 50.6 Å². The fourth-order valence-corrected chi connectivity index (χ4v) is 2.59. The van der Waals surface area contributed by atoms with Gasteiger partial charge in [-0.25, -0.2) is 0 Å². The maximum atomic E-state index is 5.05. The molecule has 1 unspecified atom stereocenters. The number of likely N-dealkylation sites (tertiary alicyclic amines) is 1. The minimum absolute atomic E-state index is 0.881. The summed E-state index contributed by atoms with van der Waals surface area (Å²) in [4.78, 5) is 2.60. The molecule has 84 valence electrons. The van der Waals surface area contributed by atoms with Gasteiger partial charge in [0, 0.05) is 25.6 Å². The minimum atomic E-state index is 0.881. The third kappa shape index (κ3) is 4.76. The molecule has 0 aromatic rings. The van der Waals surface area contributed by atoms with Crippen LogP contribution in [0.3, 0.4) is 0 Å². The Morgan fingerprint density at radius 2 is 2.29 bits per heavy atom. The zero-order valence-corrected chi connectivity index (χ0v) is 10.8. The molecule has 0 bridgehead atoms. The summed E-state index contributed by atoms with van der Waals surface area (Å²) >= 11 is 3.58. The van der Waals surface area contributed by atoms with Crippen molar-refractivity contribution in [3.63, 3.8) is 0 Å². The van der Waals surface area contributed by atoms with Gasteiger partial charge < -0.3 is 9.64 Å². The second-order valence-corrected chi connectivity index (χ2v) is 4.81. The lowest BCUT2D eigenvalue weighted by Crippen LogP contribution is -2.36. The van der Waals surface area contributed by atoms with E-state index >= 15 is 0 Å². The van der Waals surface area contributed by atoms with Crippen LogP contribution in [0.1, 0.15) is 25.7 Å². The molecule has 14 heavy (non-hydrogen) atoms. The Morgan fingerprint density at radius 3 is 3.00 bits per heavy atom. The summed E-state index contributed by atoms with van der Waals surface area (Å²) in [5.74, 6) is 0.881. The Kier molecular flexibility index (Phi) is 6.82. The van der Waals surface area contributed by atoms with Crippen LogP contribution in [0.2, 0.25) is 0 Å². The molecule has 0 amide bonds. The lowest BCUT2D eigenvalue weighted by molar-refractivity contribution is 0.163. The highest BCUT2D eigenvalue weighted by atomic mass is 79.9. The molecule has 1 fully saturated rings. The van der Waals surface area contributed by atoms with Crippen LogP contribution in [0, 0.1) is 5.92 Å². The van der Waals surface area contributed by atoms with E-state index in [-0.39, 0.29) is 0 Å². The number of halogens is 1. The van der Waals surface area contributed by atoms with Crippen LogP contribution in [-0.4, -0.2) is 43.6 Å². The van der Waals surface area contributed by atoms with Gasteiger partial charge in [-0.15, -0.1) is 0 Å². The van der Waals surface area contributed by atoms with Crippen LogP contribution in [0.5, 0.6) is 0 Å². The van der Waals surface area contributed by atoms with Crippen LogP contribution in [0.25, 0.3) is 0 Å². The summed E-state index contributed by atoms with van der Waals surface area (Å²) in [6.45, 7) is 4.76. The minimum Gasteiger partial charge on any atom is -0.385 e. The summed E-state index contributed by atoms with van der Waals surface area (Å²) in [5, 5.41) is 1.17. The van der Waals surface area contributed by atoms with Gasteiger partial charge in [0.1, 0.15) is 0 Å². The Balaban J connectivity index is 2.05. The summed E-state index contributed by atoms with van der Waals surface area (Å²) in [5.41, 5.74) is 0. The van der Waals surface area contributed by atoms with E-state index in [0.717, 1.165) is 12.5 Å². The second kappa shape index (κ2) is 7.66. The molecule has 1 aliphatic rings. The van der Waals surface area contributed by atoms with Gasteiger partial charge in [-0.05, 0) is 44.7 Å². The van der Waals surface area contributed by atoms with Crippen LogP contribution in [0.15, 0.2) is 0 Å². The van der Waals surface area contributed by atoms with E-state index in [4.69, 9.17) is 4.74 Å². The van der Waals surface area contributed by atoms with Gasteiger partial charge >= 0.3 is 0 Å². The Morgan fingerprint density at radius 1 is 1.43 bits per heavy atom. The van der Waals surface area contributed by atoms with Crippen molar-refractivity contribution in [3.8, 4) is 0 Å². The van der Waals surface area contributed by atoms with Crippen LogP contribution < -0.4 is 0 Å². The Bertz CT molecular complexity index is 143. The first kappa shape index (κ1) is 12.5. The molecule has 0 saturated carbocycles. The topological polar surface area (TPSA) is 12.5 Å². The molecule has 0 aliphatic carbocycles. The molecule has 0 aromatic carbocycles. The predicted molar refractivity (Wildman–Crippen MR) is 64.1 cm³/mol. The molecular weight excluding hydrogens is 242 g/mol. The summed E-state index contributed by atoms with van der Waals surface area (Å²) in [6.07, 6.45) is 5.26. The molecule has 0 radical (unpaired) electrons. The van der Waals surface area contributed by atoms with Gasteiger partial charge in [-0.3, -0.25) is 0 Å². The van der Waals surface area contributed by atoms with Crippen LogP contribution in [0.4, 0.5) is 0 Å². The predicted octanol–water partition coefficient (Wildman–Crippen LogP) is 2.52. The maximum absolute atomic E-state index is 5.05. The molecular formula is C11H22BrNO. The number of methoxy groups -OCH3 is 1. The van der Waals surface area contributed by atoms with Gasteiger partial charge in [0.05, 0.1) is 0 Å². The zero-order chi connectivity index (χ0) is 10.2. The number of rotatable bonds is 6. The fraction of sp³-hybridized carbons (Fsp3) is 1.00. The molecule has 2 nitrogen and oxygen atoms in total. The van der Waals surface area contributed by atoms with Crippen molar-refractivity contribution >= 4 is 15.9 Å². The number of nitrogens with zero attached hydrogens (tertiary/aromatic N) is 1. The zero-order valence-electron chi connectivity index (χ0n) is 9.17. The molecule has 0 N–H and O–H groups in total. The highest BCUT2D eigenvalue weighted by Gasteiger charge is 2.17. The number of hydrogen-bond donors (Lipinski definition) is 0. The molecule has 1 aliphatic heterocycles. The number of piperidine rings is 1. The van der Waals surface area contributed by atoms with E-state index in [9.17, 15) is 0 Å². The van der Waals surface area contributed by atoms with E-state index < -0.39 is 0 Å². The van der Waals surface area contributed by atoms with Crippen molar-refractivity contribution in [3.05, 3.63) is 0 Å². The van der Waals surface area contributed by atoms with E-state index in [1.807, 2.05) is 0 Å². The van der Waals surface area contributed by atoms with Gasteiger partial charge in [0.25, 0.3) is 0 Å². The number of alkyl halides is 1. The standard InChI is InChI=1S/C11H22BrNO/c1-14-8-3-2-6-13-7-4-5-11(9-12)10-13/h11H,2-10H2,1H3. The van der Waals surface area contributed by atoms with Crippen molar-refractivity contribution in [2.24, 2.45) is 5.92 Å². The monoisotopic (exact) mass is 263 g/mol. The number of unbranched alkanes of at least 4 members (excludes halogenated alkanes) is 1. The Hall–Kier alpha value is 0.400. The highest BCUT2D eigenvalue weighted by molar-refractivity contribution is 9.09. The van der Waals surface area contributed by atoms with Gasteiger partial charge in [-0.1, -0.05) is 15.9 Å². The van der Waals surface area contributed by atoms with Gasteiger partial charge in [0.15, 0.2) is 0 Å². The van der Waals surface area contributed by atoms with Crippen molar-refractivity contribution in [1.29, 1.82) is 0 Å².